The van der Waals surface area contributed by atoms with E-state index >= 15 is 0 Å². The molecular formula is C46H58N8O10S2. The smallest absolute Gasteiger partial charge is 0.410 e. The Morgan fingerprint density at radius 2 is 0.955 bits per heavy atom. The van der Waals surface area contributed by atoms with E-state index in [-0.39, 0.29) is 86.8 Å². The number of ether oxygens (including phenoxy) is 2. The number of hydrogen-bond acceptors (Lipinski definition) is 12. The minimum absolute atomic E-state index is 0.0430. The predicted molar refractivity (Wildman–Crippen MR) is 249 cm³/mol. The van der Waals surface area contributed by atoms with Crippen LogP contribution in [0.25, 0.3) is 21.5 Å². The van der Waals surface area contributed by atoms with Crippen molar-refractivity contribution in [2.75, 3.05) is 39.3 Å². The quantitative estimate of drug-likeness (QED) is 0.0786. The highest BCUT2D eigenvalue weighted by atomic mass is 32.2. The van der Waals surface area contributed by atoms with Crippen molar-refractivity contribution >= 4 is 65.6 Å². The van der Waals surface area contributed by atoms with Gasteiger partial charge in [0.1, 0.15) is 11.2 Å². The molecular weight excluding hydrogens is 889 g/mol. The van der Waals surface area contributed by atoms with Gasteiger partial charge in [0.15, 0.2) is 0 Å². The molecule has 0 radical (unpaired) electrons. The third-order valence-electron chi connectivity index (χ3n) is 9.70. The molecule has 5 rings (SSSR count). The normalized spacial score (nSPS) is 12.1. The number of nitrogens with one attached hydrogen (secondary N) is 4. The van der Waals surface area contributed by atoms with E-state index in [1.54, 1.807) is 96.4 Å². The topological polar surface area (TPSA) is 235 Å². The Morgan fingerprint density at radius 1 is 0.561 bits per heavy atom. The summed E-state index contributed by atoms with van der Waals surface area (Å²) in [5, 5.41) is 8.01. The molecule has 2 heterocycles. The molecule has 0 aliphatic heterocycles. The van der Waals surface area contributed by atoms with Crippen LogP contribution >= 0.6 is 0 Å². The van der Waals surface area contributed by atoms with Gasteiger partial charge >= 0.3 is 12.2 Å². The lowest BCUT2D eigenvalue weighted by molar-refractivity contribution is -0.122. The van der Waals surface area contributed by atoms with Crippen molar-refractivity contribution < 1.29 is 45.5 Å². The molecule has 3 aromatic carbocycles. The van der Waals surface area contributed by atoms with Gasteiger partial charge in [-0.05, 0) is 76.9 Å². The molecule has 4 N–H and O–H groups in total. The molecule has 5 aromatic rings. The van der Waals surface area contributed by atoms with Crippen molar-refractivity contribution in [1.82, 2.24) is 39.8 Å². The molecule has 18 nitrogen and oxygen atoms in total. The van der Waals surface area contributed by atoms with Crippen molar-refractivity contribution in [1.29, 1.82) is 0 Å². The number of hydrogen-bond donors (Lipinski definition) is 4. The van der Waals surface area contributed by atoms with Gasteiger partial charge < -0.3 is 29.9 Å². The summed E-state index contributed by atoms with van der Waals surface area (Å²) in [4.78, 5) is 63.1. The Labute approximate surface area is 385 Å². The third-order valence-corrected chi connectivity index (χ3v) is 12.7. The standard InChI is InChI=1S/C46H58N8O10S2/c1-45(2,3)63-43(57)53(26-22-51-65(59,60)39-14-8-12-35-31-47-20-16-37(35)39)24-18-41(55)49-29-33-10-7-11-34(28-33)30-50-42(56)19-25-54(44(58)64-46(4,5)6)27-23-52-66(61,62)40-15-9-13-36-32-48-21-17-38(36)40/h7-17,20-21,28,31-32,51-52H,18-19,22-27,29-30H2,1-6H3,(H,49,55)(H,50,56). The lowest BCUT2D eigenvalue weighted by Gasteiger charge is -2.27. The molecule has 354 valence electrons. The number of rotatable bonds is 20. The van der Waals surface area contributed by atoms with E-state index in [2.05, 4.69) is 30.0 Å². The maximum atomic E-state index is 13.3. The zero-order valence-electron chi connectivity index (χ0n) is 38.0. The Kier molecular flexibility index (Phi) is 17.2. The number of carbonyl (C=O) groups excluding carboxylic acids is 4. The average molecular weight is 947 g/mol. The number of nitrogens with zero attached hydrogens (tertiary/aromatic N) is 4. The van der Waals surface area contributed by atoms with Crippen LogP contribution in [0.1, 0.15) is 65.5 Å². The van der Waals surface area contributed by atoms with Crippen LogP contribution in [0.15, 0.2) is 107 Å². The summed E-state index contributed by atoms with van der Waals surface area (Å²) in [6.45, 7) is 10.1. The van der Waals surface area contributed by atoms with Crippen LogP contribution in [0, 0.1) is 0 Å². The van der Waals surface area contributed by atoms with Gasteiger partial charge in [0.05, 0.1) is 9.79 Å². The number of pyridine rings is 2. The van der Waals surface area contributed by atoms with Crippen LogP contribution in [0.4, 0.5) is 9.59 Å². The second-order valence-electron chi connectivity index (χ2n) is 17.3. The van der Waals surface area contributed by atoms with Crippen molar-refractivity contribution in [3.05, 3.63) is 109 Å². The van der Waals surface area contributed by atoms with E-state index < -0.39 is 43.4 Å². The van der Waals surface area contributed by atoms with Crippen LogP contribution in [0.3, 0.4) is 0 Å². The number of fused-ring (bicyclic) bond motifs is 2. The highest BCUT2D eigenvalue weighted by Crippen LogP contribution is 2.23. The van der Waals surface area contributed by atoms with Gasteiger partial charge in [-0.2, -0.15) is 0 Å². The van der Waals surface area contributed by atoms with Crippen LogP contribution < -0.4 is 20.1 Å². The maximum Gasteiger partial charge on any atom is 0.410 e. The molecule has 0 fully saturated rings. The van der Waals surface area contributed by atoms with Gasteiger partial charge in [-0.25, -0.2) is 35.9 Å². The summed E-state index contributed by atoms with van der Waals surface area (Å²) in [5.41, 5.74) is -0.169. The highest BCUT2D eigenvalue weighted by Gasteiger charge is 2.26. The minimum atomic E-state index is -3.96. The largest absolute Gasteiger partial charge is 0.444 e. The molecule has 0 saturated carbocycles. The highest BCUT2D eigenvalue weighted by molar-refractivity contribution is 7.90. The number of carbonyl (C=O) groups is 4. The number of amides is 4. The maximum absolute atomic E-state index is 13.3. The molecule has 0 aliphatic rings. The Hall–Kier alpha value is -6.22. The van der Waals surface area contributed by atoms with Gasteiger partial charge in [0, 0.05) is 112 Å². The molecule has 2 aromatic heterocycles. The monoisotopic (exact) mass is 946 g/mol. The number of aromatic nitrogens is 2. The first-order chi connectivity index (χ1) is 31.1. The van der Waals surface area contributed by atoms with Gasteiger partial charge in [-0.3, -0.25) is 19.6 Å². The van der Waals surface area contributed by atoms with Crippen LogP contribution in [-0.4, -0.2) is 111 Å². The number of benzene rings is 3. The van der Waals surface area contributed by atoms with Gasteiger partial charge in [0.2, 0.25) is 31.9 Å². The minimum Gasteiger partial charge on any atom is -0.444 e. The molecule has 0 spiro atoms. The molecule has 4 amide bonds. The molecule has 0 aliphatic carbocycles. The SMILES string of the molecule is CC(C)(C)OC(=O)N(CCNS(=O)(=O)c1cccc2cnccc12)CCC(=O)NCc1cccc(CNC(=O)CCN(CCNS(=O)(=O)c2cccc3cnccc23)C(=O)OC(C)(C)C)c1. The summed E-state index contributed by atoms with van der Waals surface area (Å²) in [7, 11) is -7.92. The van der Waals surface area contributed by atoms with Crippen molar-refractivity contribution in [3.63, 3.8) is 0 Å². The van der Waals surface area contributed by atoms with Crippen LogP contribution in [-0.2, 0) is 52.2 Å². The van der Waals surface area contributed by atoms with Gasteiger partial charge in [0.25, 0.3) is 0 Å². The molecule has 0 atom stereocenters. The Balaban J connectivity index is 1.10. The first-order valence-electron chi connectivity index (χ1n) is 21.3. The fraction of sp³-hybridized carbons (Fsp3) is 0.391. The van der Waals surface area contributed by atoms with Crippen LogP contribution in [0.5, 0.6) is 0 Å². The fourth-order valence-corrected chi connectivity index (χ4v) is 9.08. The summed E-state index contributed by atoms with van der Waals surface area (Å²) in [5.74, 6) is -0.721. The molecule has 66 heavy (non-hydrogen) atoms. The molecule has 0 bridgehead atoms. The van der Waals surface area contributed by atoms with Crippen LogP contribution in [0.2, 0.25) is 0 Å². The summed E-state index contributed by atoms with van der Waals surface area (Å²) >= 11 is 0. The zero-order valence-corrected chi connectivity index (χ0v) is 39.6. The van der Waals surface area contributed by atoms with E-state index in [1.807, 2.05) is 18.2 Å². The summed E-state index contributed by atoms with van der Waals surface area (Å²) in [6.07, 6.45) is 4.59. The zero-order chi connectivity index (χ0) is 48.1. The molecule has 0 saturated heterocycles. The molecule has 0 unspecified atom stereocenters. The lowest BCUT2D eigenvalue weighted by Crippen LogP contribution is -2.43. The predicted octanol–water partition coefficient (Wildman–Crippen LogP) is 5.23. The van der Waals surface area contributed by atoms with Gasteiger partial charge in [-0.1, -0.05) is 48.5 Å². The van der Waals surface area contributed by atoms with Crippen molar-refractivity contribution in [3.8, 4) is 0 Å². The first kappa shape index (κ1) is 50.8. The lowest BCUT2D eigenvalue weighted by atomic mass is 10.1. The van der Waals surface area contributed by atoms with E-state index in [9.17, 15) is 36.0 Å². The summed E-state index contributed by atoms with van der Waals surface area (Å²) < 4.78 is 69.2. The second-order valence-corrected chi connectivity index (χ2v) is 20.8. The Morgan fingerprint density at radius 3 is 1.35 bits per heavy atom. The molecule has 20 heteroatoms. The number of sulfonamides is 2. The summed E-state index contributed by atoms with van der Waals surface area (Å²) in [6, 6.07) is 20.2. The van der Waals surface area contributed by atoms with E-state index in [0.29, 0.717) is 21.5 Å². The van der Waals surface area contributed by atoms with Gasteiger partial charge in [-0.15, -0.1) is 0 Å². The first-order valence-corrected chi connectivity index (χ1v) is 24.3. The second kappa shape index (κ2) is 22.3. The van der Waals surface area contributed by atoms with E-state index in [4.69, 9.17) is 9.47 Å². The van der Waals surface area contributed by atoms with E-state index in [1.165, 1.54) is 34.3 Å². The van der Waals surface area contributed by atoms with E-state index in [0.717, 1.165) is 11.1 Å². The average Bonchev–Trinajstić information content (AvgIpc) is 3.25. The van der Waals surface area contributed by atoms with Crippen molar-refractivity contribution in [2.24, 2.45) is 0 Å². The Bertz CT molecular complexity index is 2550. The van der Waals surface area contributed by atoms with Crippen molar-refractivity contribution in [2.45, 2.75) is 88.5 Å². The fourth-order valence-electron chi connectivity index (χ4n) is 6.58. The third kappa shape index (κ3) is 15.5.